The van der Waals surface area contributed by atoms with Crippen LogP contribution in [0.15, 0.2) is 18.5 Å². The molecule has 1 aromatic rings. The van der Waals surface area contributed by atoms with E-state index in [4.69, 9.17) is 4.74 Å². The molecule has 0 aliphatic heterocycles. The van der Waals surface area contributed by atoms with Crippen molar-refractivity contribution in [2.45, 2.75) is 33.3 Å². The second-order valence-electron chi connectivity index (χ2n) is 4.44. The van der Waals surface area contributed by atoms with Gasteiger partial charge in [0.2, 0.25) is 0 Å². The number of anilines is 1. The SMILES string of the molecule is Cc1ccncc1NNC(=O)OC(C)(C)C. The molecule has 0 radical (unpaired) electrons. The van der Waals surface area contributed by atoms with E-state index >= 15 is 0 Å². The molecule has 88 valence electrons. The third-order valence-corrected chi connectivity index (χ3v) is 1.74. The van der Waals surface area contributed by atoms with Gasteiger partial charge in [0.25, 0.3) is 0 Å². The van der Waals surface area contributed by atoms with Crippen LogP contribution in [0.5, 0.6) is 0 Å². The van der Waals surface area contributed by atoms with Gasteiger partial charge in [-0.05, 0) is 39.3 Å². The molecule has 2 N–H and O–H groups in total. The van der Waals surface area contributed by atoms with Crippen molar-refractivity contribution >= 4 is 11.8 Å². The van der Waals surface area contributed by atoms with Crippen LogP contribution in [0, 0.1) is 6.92 Å². The summed E-state index contributed by atoms with van der Waals surface area (Å²) in [5.41, 5.74) is 6.42. The van der Waals surface area contributed by atoms with Crippen LogP contribution in [0.1, 0.15) is 26.3 Å². The lowest BCUT2D eigenvalue weighted by atomic mass is 10.2. The molecule has 0 unspecified atom stereocenters. The predicted octanol–water partition coefficient (Wildman–Crippen LogP) is 2.24. The minimum atomic E-state index is -0.518. The summed E-state index contributed by atoms with van der Waals surface area (Å²) in [6.07, 6.45) is 2.80. The first-order valence-corrected chi connectivity index (χ1v) is 5.04. The fraction of sp³-hybridized carbons (Fsp3) is 0.455. The van der Waals surface area contributed by atoms with Gasteiger partial charge in [-0.3, -0.25) is 10.4 Å². The van der Waals surface area contributed by atoms with Crippen molar-refractivity contribution in [3.8, 4) is 0 Å². The molecule has 0 saturated heterocycles. The average molecular weight is 223 g/mol. The molecule has 5 heteroatoms. The minimum Gasteiger partial charge on any atom is -0.443 e. The highest BCUT2D eigenvalue weighted by Crippen LogP contribution is 2.10. The molecule has 0 bridgehead atoms. The van der Waals surface area contributed by atoms with Gasteiger partial charge in [0, 0.05) is 6.20 Å². The smallest absolute Gasteiger partial charge is 0.426 e. The monoisotopic (exact) mass is 223 g/mol. The highest BCUT2D eigenvalue weighted by atomic mass is 16.6. The topological polar surface area (TPSA) is 63.2 Å². The third-order valence-electron chi connectivity index (χ3n) is 1.74. The van der Waals surface area contributed by atoms with Gasteiger partial charge in [-0.25, -0.2) is 10.2 Å². The minimum absolute atomic E-state index is 0.504. The Labute approximate surface area is 95.2 Å². The number of aryl methyl sites for hydroxylation is 1. The second-order valence-corrected chi connectivity index (χ2v) is 4.44. The fourth-order valence-electron chi connectivity index (χ4n) is 1.02. The predicted molar refractivity (Wildman–Crippen MR) is 62.0 cm³/mol. The molecule has 0 fully saturated rings. The second kappa shape index (κ2) is 4.83. The molecule has 0 aromatic carbocycles. The maximum absolute atomic E-state index is 11.3. The van der Waals surface area contributed by atoms with Gasteiger partial charge in [0.1, 0.15) is 5.60 Å². The summed E-state index contributed by atoms with van der Waals surface area (Å²) in [6.45, 7) is 7.34. The molecule has 0 aliphatic rings. The number of carbonyl (C=O) groups excluding carboxylic acids is 1. The zero-order valence-electron chi connectivity index (χ0n) is 10.00. The molecule has 0 saturated carbocycles. The molecule has 1 heterocycles. The van der Waals surface area contributed by atoms with Crippen molar-refractivity contribution in [1.82, 2.24) is 10.4 Å². The molecule has 1 rings (SSSR count). The number of aromatic nitrogens is 1. The van der Waals surface area contributed by atoms with E-state index in [0.717, 1.165) is 11.3 Å². The zero-order chi connectivity index (χ0) is 12.2. The molecule has 0 aliphatic carbocycles. The molecule has 1 aromatic heterocycles. The first kappa shape index (κ1) is 12.3. The van der Waals surface area contributed by atoms with E-state index in [2.05, 4.69) is 15.8 Å². The maximum atomic E-state index is 11.3. The number of amides is 1. The van der Waals surface area contributed by atoms with Crippen molar-refractivity contribution in [3.63, 3.8) is 0 Å². The number of nitrogens with one attached hydrogen (secondary N) is 2. The Morgan fingerprint density at radius 3 is 2.69 bits per heavy atom. The highest BCUT2D eigenvalue weighted by Gasteiger charge is 2.15. The average Bonchev–Trinajstić information content (AvgIpc) is 2.14. The fourth-order valence-corrected chi connectivity index (χ4v) is 1.02. The van der Waals surface area contributed by atoms with Gasteiger partial charge >= 0.3 is 6.09 Å². The first-order valence-electron chi connectivity index (χ1n) is 5.04. The number of hydrazine groups is 1. The summed E-state index contributed by atoms with van der Waals surface area (Å²) < 4.78 is 5.07. The number of hydrogen-bond donors (Lipinski definition) is 2. The Morgan fingerprint density at radius 1 is 1.44 bits per heavy atom. The standard InChI is InChI=1S/C11H17N3O2/c1-8-5-6-12-7-9(8)13-14-10(15)16-11(2,3)4/h5-7,13H,1-4H3,(H,14,15). The van der Waals surface area contributed by atoms with Gasteiger partial charge in [-0.1, -0.05) is 0 Å². The largest absolute Gasteiger partial charge is 0.443 e. The van der Waals surface area contributed by atoms with E-state index in [1.165, 1.54) is 0 Å². The molecule has 5 nitrogen and oxygen atoms in total. The number of pyridine rings is 1. The number of hydrogen-bond acceptors (Lipinski definition) is 4. The summed E-state index contributed by atoms with van der Waals surface area (Å²) >= 11 is 0. The Kier molecular flexibility index (Phi) is 3.71. The van der Waals surface area contributed by atoms with Crippen LogP contribution in [-0.2, 0) is 4.74 Å². The van der Waals surface area contributed by atoms with Crippen LogP contribution in [-0.4, -0.2) is 16.7 Å². The van der Waals surface area contributed by atoms with Crippen molar-refractivity contribution in [1.29, 1.82) is 0 Å². The van der Waals surface area contributed by atoms with Crippen LogP contribution in [0.3, 0.4) is 0 Å². The Balaban J connectivity index is 2.47. The van der Waals surface area contributed by atoms with Gasteiger partial charge in [0.05, 0.1) is 11.9 Å². The van der Waals surface area contributed by atoms with Crippen molar-refractivity contribution in [2.75, 3.05) is 5.43 Å². The number of nitrogens with zero attached hydrogens (tertiary/aromatic N) is 1. The number of ether oxygens (including phenoxy) is 1. The highest BCUT2D eigenvalue weighted by molar-refractivity contribution is 5.70. The van der Waals surface area contributed by atoms with Crippen LogP contribution < -0.4 is 10.9 Å². The van der Waals surface area contributed by atoms with Gasteiger partial charge in [-0.2, -0.15) is 0 Å². The summed E-state index contributed by atoms with van der Waals surface area (Å²) in [5.74, 6) is 0. The van der Waals surface area contributed by atoms with Crippen LogP contribution >= 0.6 is 0 Å². The van der Waals surface area contributed by atoms with Crippen LogP contribution in [0.25, 0.3) is 0 Å². The number of rotatable bonds is 2. The van der Waals surface area contributed by atoms with E-state index < -0.39 is 11.7 Å². The molecule has 16 heavy (non-hydrogen) atoms. The van der Waals surface area contributed by atoms with Crippen LogP contribution in [0.2, 0.25) is 0 Å². The lowest BCUT2D eigenvalue weighted by Crippen LogP contribution is -2.36. The summed E-state index contributed by atoms with van der Waals surface area (Å²) in [4.78, 5) is 15.3. The molecular formula is C11H17N3O2. The molecule has 0 atom stereocenters. The summed E-state index contributed by atoms with van der Waals surface area (Å²) in [5, 5.41) is 0. The molecular weight excluding hydrogens is 206 g/mol. The van der Waals surface area contributed by atoms with Gasteiger partial charge in [-0.15, -0.1) is 0 Å². The summed E-state index contributed by atoms with van der Waals surface area (Å²) in [6, 6.07) is 1.85. The zero-order valence-corrected chi connectivity index (χ0v) is 10.00. The first-order chi connectivity index (χ1) is 7.38. The Hall–Kier alpha value is -1.78. The van der Waals surface area contributed by atoms with Crippen molar-refractivity contribution in [3.05, 3.63) is 24.0 Å². The lowest BCUT2D eigenvalue weighted by Gasteiger charge is -2.20. The molecule has 0 spiro atoms. The maximum Gasteiger partial charge on any atom is 0.426 e. The van der Waals surface area contributed by atoms with Gasteiger partial charge in [0.15, 0.2) is 0 Å². The Morgan fingerprint density at radius 2 is 2.12 bits per heavy atom. The van der Waals surface area contributed by atoms with E-state index in [-0.39, 0.29) is 0 Å². The van der Waals surface area contributed by atoms with E-state index in [1.807, 2.05) is 33.8 Å². The lowest BCUT2D eigenvalue weighted by molar-refractivity contribution is 0.0541. The van der Waals surface area contributed by atoms with E-state index in [1.54, 1.807) is 12.4 Å². The van der Waals surface area contributed by atoms with E-state index in [0.29, 0.717) is 0 Å². The number of carbonyl (C=O) groups is 1. The Bertz CT molecular complexity index is 372. The van der Waals surface area contributed by atoms with Crippen molar-refractivity contribution < 1.29 is 9.53 Å². The molecule has 1 amide bonds. The van der Waals surface area contributed by atoms with E-state index in [9.17, 15) is 4.79 Å². The normalized spacial score (nSPS) is 10.8. The summed E-state index contributed by atoms with van der Waals surface area (Å²) in [7, 11) is 0. The van der Waals surface area contributed by atoms with Crippen LogP contribution in [0.4, 0.5) is 10.5 Å². The quantitative estimate of drug-likeness (QED) is 0.755. The van der Waals surface area contributed by atoms with Gasteiger partial charge < -0.3 is 4.74 Å². The van der Waals surface area contributed by atoms with Crippen molar-refractivity contribution in [2.24, 2.45) is 0 Å². The third kappa shape index (κ3) is 4.16.